The molecule has 1 aliphatic heterocycles. The highest BCUT2D eigenvalue weighted by atomic mass is 16.6. The van der Waals surface area contributed by atoms with E-state index >= 15 is 0 Å². The number of aromatic amines is 1. The number of amides is 2. The highest BCUT2D eigenvalue weighted by Crippen LogP contribution is 2.22. The number of hydrogen-bond donors (Lipinski definition) is 2. The second-order valence-corrected chi connectivity index (χ2v) is 6.81. The van der Waals surface area contributed by atoms with Crippen molar-refractivity contribution >= 4 is 12.0 Å². The SMILES string of the molecule is CC(C)NC(=O)c1n[nH]c2c1CN(C(=O)OC(C)(C)C)CC2. The zero-order chi connectivity index (χ0) is 16.5. The Labute approximate surface area is 130 Å². The van der Waals surface area contributed by atoms with Gasteiger partial charge in [-0.25, -0.2) is 4.79 Å². The molecule has 0 saturated carbocycles. The lowest BCUT2D eigenvalue weighted by molar-refractivity contribution is 0.0222. The number of nitrogens with one attached hydrogen (secondary N) is 2. The number of aromatic nitrogens is 2. The summed E-state index contributed by atoms with van der Waals surface area (Å²) in [6.45, 7) is 10.2. The van der Waals surface area contributed by atoms with Gasteiger partial charge in [-0.1, -0.05) is 0 Å². The van der Waals surface area contributed by atoms with Crippen LogP contribution in [0.4, 0.5) is 4.79 Å². The molecule has 1 aromatic rings. The summed E-state index contributed by atoms with van der Waals surface area (Å²) in [6, 6.07) is 0.0328. The Morgan fingerprint density at radius 3 is 2.64 bits per heavy atom. The molecule has 7 heteroatoms. The van der Waals surface area contributed by atoms with E-state index in [1.807, 2.05) is 34.6 Å². The fourth-order valence-corrected chi connectivity index (χ4v) is 2.30. The number of carbonyl (C=O) groups is 2. The van der Waals surface area contributed by atoms with E-state index in [2.05, 4.69) is 15.5 Å². The maximum absolute atomic E-state index is 12.2. The van der Waals surface area contributed by atoms with E-state index < -0.39 is 5.60 Å². The molecule has 0 unspecified atom stereocenters. The fourth-order valence-electron chi connectivity index (χ4n) is 2.30. The number of hydrogen-bond acceptors (Lipinski definition) is 4. The van der Waals surface area contributed by atoms with Crippen LogP contribution >= 0.6 is 0 Å². The molecule has 0 spiro atoms. The summed E-state index contributed by atoms with van der Waals surface area (Å²) in [4.78, 5) is 25.9. The summed E-state index contributed by atoms with van der Waals surface area (Å²) < 4.78 is 5.39. The van der Waals surface area contributed by atoms with Crippen LogP contribution in [0.5, 0.6) is 0 Å². The Morgan fingerprint density at radius 2 is 2.05 bits per heavy atom. The van der Waals surface area contributed by atoms with Gasteiger partial charge in [-0.2, -0.15) is 5.10 Å². The van der Waals surface area contributed by atoms with Crippen molar-refractivity contribution in [2.75, 3.05) is 6.54 Å². The Morgan fingerprint density at radius 1 is 1.36 bits per heavy atom. The molecular weight excluding hydrogens is 284 g/mol. The molecule has 0 saturated heterocycles. The summed E-state index contributed by atoms with van der Waals surface area (Å²) >= 11 is 0. The summed E-state index contributed by atoms with van der Waals surface area (Å²) in [7, 11) is 0. The van der Waals surface area contributed by atoms with Gasteiger partial charge in [0.15, 0.2) is 5.69 Å². The van der Waals surface area contributed by atoms with E-state index in [-0.39, 0.29) is 18.0 Å². The summed E-state index contributed by atoms with van der Waals surface area (Å²) in [6.07, 6.45) is 0.269. The number of nitrogens with zero attached hydrogens (tertiary/aromatic N) is 2. The van der Waals surface area contributed by atoms with Gasteiger partial charge in [-0.3, -0.25) is 9.89 Å². The van der Waals surface area contributed by atoms with Gasteiger partial charge in [0.1, 0.15) is 5.60 Å². The highest BCUT2D eigenvalue weighted by Gasteiger charge is 2.30. The maximum Gasteiger partial charge on any atom is 0.410 e. The van der Waals surface area contributed by atoms with E-state index in [0.717, 1.165) is 11.3 Å². The molecule has 0 atom stereocenters. The average Bonchev–Trinajstić information content (AvgIpc) is 2.78. The van der Waals surface area contributed by atoms with E-state index in [1.165, 1.54) is 0 Å². The second-order valence-electron chi connectivity index (χ2n) is 6.81. The maximum atomic E-state index is 12.2. The van der Waals surface area contributed by atoms with Crippen LogP contribution in [0.1, 0.15) is 56.4 Å². The first kappa shape index (κ1) is 16.3. The number of H-pyrrole nitrogens is 1. The third kappa shape index (κ3) is 3.78. The minimum Gasteiger partial charge on any atom is -0.444 e. The van der Waals surface area contributed by atoms with E-state index in [0.29, 0.717) is 25.2 Å². The van der Waals surface area contributed by atoms with Gasteiger partial charge in [0.25, 0.3) is 5.91 Å². The third-order valence-corrected chi connectivity index (χ3v) is 3.22. The number of carbonyl (C=O) groups excluding carboxylic acids is 2. The van der Waals surface area contributed by atoms with E-state index in [1.54, 1.807) is 4.90 Å². The van der Waals surface area contributed by atoms with Crippen molar-refractivity contribution in [2.45, 2.75) is 59.2 Å². The van der Waals surface area contributed by atoms with Crippen LogP contribution in [0.15, 0.2) is 0 Å². The predicted octanol–water partition coefficient (Wildman–Crippen LogP) is 1.84. The van der Waals surface area contributed by atoms with Gasteiger partial charge in [0.05, 0.1) is 6.54 Å². The van der Waals surface area contributed by atoms with Crippen molar-refractivity contribution in [1.29, 1.82) is 0 Å². The normalized spacial score (nSPS) is 14.7. The van der Waals surface area contributed by atoms with Crippen molar-refractivity contribution in [3.63, 3.8) is 0 Å². The topological polar surface area (TPSA) is 87.3 Å². The standard InChI is InChI=1S/C15H24N4O3/c1-9(2)16-13(20)12-10-8-19(7-6-11(10)17-18-12)14(21)22-15(3,4)5/h9H,6-8H2,1-5H3,(H,16,20)(H,17,18). The van der Waals surface area contributed by atoms with Gasteiger partial charge in [0, 0.05) is 30.3 Å². The monoisotopic (exact) mass is 308 g/mol. The molecule has 0 aliphatic carbocycles. The molecule has 2 N–H and O–H groups in total. The van der Waals surface area contributed by atoms with Gasteiger partial charge in [-0.15, -0.1) is 0 Å². The number of rotatable bonds is 2. The Balaban J connectivity index is 2.14. The van der Waals surface area contributed by atoms with Gasteiger partial charge in [-0.05, 0) is 34.6 Å². The molecule has 122 valence electrons. The first-order chi connectivity index (χ1) is 10.2. The number of ether oxygens (including phenoxy) is 1. The molecule has 2 amide bonds. The molecular formula is C15H24N4O3. The van der Waals surface area contributed by atoms with Crippen LogP contribution in [-0.4, -0.2) is 45.3 Å². The largest absolute Gasteiger partial charge is 0.444 e. The minimum absolute atomic E-state index is 0.0328. The fraction of sp³-hybridized carbons (Fsp3) is 0.667. The van der Waals surface area contributed by atoms with Crippen LogP contribution in [-0.2, 0) is 17.7 Å². The van der Waals surface area contributed by atoms with Crippen molar-refractivity contribution in [3.05, 3.63) is 17.0 Å². The lowest BCUT2D eigenvalue weighted by Gasteiger charge is -2.30. The number of fused-ring (bicyclic) bond motifs is 1. The van der Waals surface area contributed by atoms with Crippen LogP contribution in [0.3, 0.4) is 0 Å². The lowest BCUT2D eigenvalue weighted by Crippen LogP contribution is -2.40. The molecule has 0 radical (unpaired) electrons. The minimum atomic E-state index is -0.536. The smallest absolute Gasteiger partial charge is 0.410 e. The molecule has 22 heavy (non-hydrogen) atoms. The van der Waals surface area contributed by atoms with Crippen LogP contribution < -0.4 is 5.32 Å². The molecule has 1 aliphatic rings. The van der Waals surface area contributed by atoms with E-state index in [4.69, 9.17) is 4.74 Å². The second kappa shape index (κ2) is 5.98. The van der Waals surface area contributed by atoms with Crippen molar-refractivity contribution in [2.24, 2.45) is 0 Å². The summed E-state index contributed by atoms with van der Waals surface area (Å²) in [5, 5.41) is 9.82. The third-order valence-electron chi connectivity index (χ3n) is 3.22. The van der Waals surface area contributed by atoms with Gasteiger partial charge >= 0.3 is 6.09 Å². The van der Waals surface area contributed by atoms with Gasteiger partial charge in [0.2, 0.25) is 0 Å². The van der Waals surface area contributed by atoms with Gasteiger partial charge < -0.3 is 15.0 Å². The lowest BCUT2D eigenvalue weighted by atomic mass is 10.1. The summed E-state index contributed by atoms with van der Waals surface area (Å²) in [5.74, 6) is -0.224. The highest BCUT2D eigenvalue weighted by molar-refractivity contribution is 5.94. The van der Waals surface area contributed by atoms with Crippen LogP contribution in [0.25, 0.3) is 0 Å². The molecule has 2 heterocycles. The summed E-state index contributed by atoms with van der Waals surface area (Å²) in [5.41, 5.74) is 1.51. The Hall–Kier alpha value is -2.05. The Bertz CT molecular complexity index is 572. The van der Waals surface area contributed by atoms with Crippen molar-refractivity contribution < 1.29 is 14.3 Å². The van der Waals surface area contributed by atoms with Crippen LogP contribution in [0.2, 0.25) is 0 Å². The molecule has 0 fully saturated rings. The van der Waals surface area contributed by atoms with Crippen molar-refractivity contribution in [1.82, 2.24) is 20.4 Å². The van der Waals surface area contributed by atoms with Crippen molar-refractivity contribution in [3.8, 4) is 0 Å². The molecule has 0 aromatic carbocycles. The quantitative estimate of drug-likeness (QED) is 0.872. The predicted molar refractivity (Wildman–Crippen MR) is 81.5 cm³/mol. The molecule has 1 aromatic heterocycles. The molecule has 7 nitrogen and oxygen atoms in total. The molecule has 0 bridgehead atoms. The van der Waals surface area contributed by atoms with E-state index in [9.17, 15) is 9.59 Å². The first-order valence-electron chi connectivity index (χ1n) is 7.52. The van der Waals surface area contributed by atoms with Crippen LogP contribution in [0, 0.1) is 0 Å². The zero-order valence-corrected chi connectivity index (χ0v) is 13.8. The first-order valence-corrected chi connectivity index (χ1v) is 7.52. The Kier molecular flexibility index (Phi) is 4.44. The average molecular weight is 308 g/mol. The zero-order valence-electron chi connectivity index (χ0n) is 13.8. The molecule has 2 rings (SSSR count).